The van der Waals surface area contributed by atoms with Crippen LogP contribution in [0.5, 0.6) is 23.0 Å². The minimum atomic E-state index is -0.0922. The van der Waals surface area contributed by atoms with Crippen LogP contribution < -0.4 is 9.47 Å². The van der Waals surface area contributed by atoms with Crippen molar-refractivity contribution in [2.75, 3.05) is 21.3 Å². The van der Waals surface area contributed by atoms with Gasteiger partial charge >= 0.3 is 0 Å². The fourth-order valence-corrected chi connectivity index (χ4v) is 3.83. The summed E-state index contributed by atoms with van der Waals surface area (Å²) in [6, 6.07) is 8.29. The molecule has 0 radical (unpaired) electrons. The van der Waals surface area contributed by atoms with Gasteiger partial charge in [0.05, 0.1) is 30.9 Å². The fraction of sp³-hybridized carbons (Fsp3) is 0.143. The molecule has 3 aromatic carbocycles. The molecule has 2 N–H and O–H groups in total. The van der Waals surface area contributed by atoms with Gasteiger partial charge in [0.1, 0.15) is 29.3 Å². The minimum Gasteiger partial charge on any atom is -0.507 e. The van der Waals surface area contributed by atoms with Crippen molar-refractivity contribution < 1.29 is 24.5 Å². The molecule has 136 valence electrons. The van der Waals surface area contributed by atoms with Gasteiger partial charge in [-0.05, 0) is 18.2 Å². The second-order valence-corrected chi connectivity index (χ2v) is 6.17. The molecule has 0 saturated heterocycles. The first kappa shape index (κ1) is 16.9. The van der Waals surface area contributed by atoms with Crippen LogP contribution in [0.4, 0.5) is 0 Å². The van der Waals surface area contributed by atoms with Crippen molar-refractivity contribution in [2.24, 2.45) is 4.99 Å². The molecule has 0 atom stereocenters. The van der Waals surface area contributed by atoms with E-state index < -0.39 is 0 Å². The topological polar surface area (TPSA) is 88.4 Å². The average Bonchev–Trinajstić information content (AvgIpc) is 3.02. The normalized spacial score (nSPS) is 13.5. The van der Waals surface area contributed by atoms with E-state index in [1.165, 1.54) is 20.3 Å². The lowest BCUT2D eigenvalue weighted by Crippen LogP contribution is -2.00. The number of phenols is 2. The van der Waals surface area contributed by atoms with Gasteiger partial charge in [-0.15, -0.1) is 0 Å². The molecule has 6 heteroatoms. The van der Waals surface area contributed by atoms with Crippen LogP contribution in [-0.4, -0.2) is 43.5 Å². The molecular weight excluding hydrogens is 346 g/mol. The quantitative estimate of drug-likeness (QED) is 0.544. The Morgan fingerprint density at radius 1 is 1.04 bits per heavy atom. The Kier molecular flexibility index (Phi) is 3.77. The SMILES string of the molecule is CN=C1c2cc(C=O)cc(OC)c2-c2c1c(O)c1c(O)cccc1c2OC. The highest BCUT2D eigenvalue weighted by atomic mass is 16.5. The van der Waals surface area contributed by atoms with Gasteiger partial charge < -0.3 is 19.7 Å². The summed E-state index contributed by atoms with van der Waals surface area (Å²) in [4.78, 5) is 15.7. The van der Waals surface area contributed by atoms with Crippen molar-refractivity contribution in [3.8, 4) is 34.1 Å². The molecule has 4 rings (SSSR count). The minimum absolute atomic E-state index is 0.0574. The van der Waals surface area contributed by atoms with E-state index in [1.807, 2.05) is 0 Å². The van der Waals surface area contributed by atoms with Crippen molar-refractivity contribution in [2.45, 2.75) is 0 Å². The number of rotatable bonds is 3. The van der Waals surface area contributed by atoms with Crippen LogP contribution in [0, 0.1) is 0 Å². The molecule has 27 heavy (non-hydrogen) atoms. The predicted molar refractivity (Wildman–Crippen MR) is 103 cm³/mol. The van der Waals surface area contributed by atoms with E-state index in [0.29, 0.717) is 50.4 Å². The average molecular weight is 363 g/mol. The van der Waals surface area contributed by atoms with E-state index in [1.54, 1.807) is 31.3 Å². The Morgan fingerprint density at radius 3 is 2.44 bits per heavy atom. The molecule has 0 unspecified atom stereocenters. The van der Waals surface area contributed by atoms with Crippen molar-refractivity contribution in [1.82, 2.24) is 0 Å². The largest absolute Gasteiger partial charge is 0.507 e. The summed E-state index contributed by atoms with van der Waals surface area (Å²) in [5.74, 6) is 0.820. The molecule has 0 heterocycles. The second-order valence-electron chi connectivity index (χ2n) is 6.17. The molecule has 1 aliphatic rings. The van der Waals surface area contributed by atoms with Gasteiger partial charge in [0.2, 0.25) is 0 Å². The molecule has 6 nitrogen and oxygen atoms in total. The number of methoxy groups -OCH3 is 2. The summed E-state index contributed by atoms with van der Waals surface area (Å²) in [6.07, 6.45) is 0.735. The third-order valence-electron chi connectivity index (χ3n) is 4.89. The summed E-state index contributed by atoms with van der Waals surface area (Å²) < 4.78 is 11.2. The van der Waals surface area contributed by atoms with Gasteiger partial charge in [0, 0.05) is 34.7 Å². The van der Waals surface area contributed by atoms with Gasteiger partial charge in [-0.3, -0.25) is 9.79 Å². The zero-order chi connectivity index (χ0) is 19.3. The lowest BCUT2D eigenvalue weighted by atomic mass is 9.96. The Labute approximate surface area is 155 Å². The highest BCUT2D eigenvalue weighted by Gasteiger charge is 2.36. The molecule has 0 spiro atoms. The number of phenolic OH excluding ortho intramolecular Hbond substituents is 2. The van der Waals surface area contributed by atoms with E-state index in [0.717, 1.165) is 6.29 Å². The first-order chi connectivity index (χ1) is 13.1. The van der Waals surface area contributed by atoms with Crippen LogP contribution in [0.1, 0.15) is 21.5 Å². The number of nitrogens with zero attached hydrogens (tertiary/aromatic N) is 1. The predicted octanol–water partition coefficient (Wildman–Crippen LogP) is 3.53. The standard InChI is InChI=1S/C21H17NO5/c1-22-19-12-7-10(9-23)8-14(26-2)16(12)17-18(19)20(25)15-11(21(17)27-3)5-4-6-13(15)24/h4-9,24-25H,1-3H3. The van der Waals surface area contributed by atoms with E-state index in [9.17, 15) is 15.0 Å². The van der Waals surface area contributed by atoms with E-state index in [-0.39, 0.29) is 16.9 Å². The smallest absolute Gasteiger partial charge is 0.150 e. The van der Waals surface area contributed by atoms with Crippen LogP contribution in [0.25, 0.3) is 21.9 Å². The number of benzene rings is 3. The van der Waals surface area contributed by atoms with Crippen LogP contribution in [0.15, 0.2) is 35.3 Å². The van der Waals surface area contributed by atoms with E-state index >= 15 is 0 Å². The molecule has 0 fully saturated rings. The van der Waals surface area contributed by atoms with Crippen LogP contribution in [0.2, 0.25) is 0 Å². The van der Waals surface area contributed by atoms with Gasteiger partial charge in [-0.2, -0.15) is 0 Å². The highest BCUT2D eigenvalue weighted by molar-refractivity contribution is 6.31. The zero-order valence-electron chi connectivity index (χ0n) is 15.0. The summed E-state index contributed by atoms with van der Waals surface area (Å²) >= 11 is 0. The summed E-state index contributed by atoms with van der Waals surface area (Å²) in [5.41, 5.74) is 3.36. The van der Waals surface area contributed by atoms with Gasteiger partial charge in [-0.25, -0.2) is 0 Å². The van der Waals surface area contributed by atoms with Crippen LogP contribution >= 0.6 is 0 Å². The summed E-state index contributed by atoms with van der Waals surface area (Å²) in [7, 11) is 4.66. The molecule has 0 bridgehead atoms. The van der Waals surface area contributed by atoms with E-state index in [2.05, 4.69) is 4.99 Å². The van der Waals surface area contributed by atoms with Crippen LogP contribution in [-0.2, 0) is 0 Å². The Balaban J connectivity index is 2.27. The fourth-order valence-electron chi connectivity index (χ4n) is 3.83. The lowest BCUT2D eigenvalue weighted by Gasteiger charge is -2.16. The first-order valence-corrected chi connectivity index (χ1v) is 8.27. The third-order valence-corrected chi connectivity index (χ3v) is 4.89. The number of aliphatic imine (C=N–C) groups is 1. The number of ether oxygens (including phenoxy) is 2. The van der Waals surface area contributed by atoms with Crippen molar-refractivity contribution in [3.63, 3.8) is 0 Å². The number of aromatic hydroxyl groups is 2. The maximum Gasteiger partial charge on any atom is 0.150 e. The van der Waals surface area contributed by atoms with Gasteiger partial charge in [-0.1, -0.05) is 12.1 Å². The number of carbonyl (C=O) groups excluding carboxylic acids is 1. The molecule has 0 aromatic heterocycles. The first-order valence-electron chi connectivity index (χ1n) is 8.27. The number of fused-ring (bicyclic) bond motifs is 4. The van der Waals surface area contributed by atoms with Crippen molar-refractivity contribution in [3.05, 3.63) is 47.0 Å². The van der Waals surface area contributed by atoms with Crippen molar-refractivity contribution >= 4 is 22.8 Å². The molecule has 0 aliphatic heterocycles. The highest BCUT2D eigenvalue weighted by Crippen LogP contribution is 2.55. The number of carbonyl (C=O) groups is 1. The molecule has 0 saturated carbocycles. The molecule has 3 aromatic rings. The summed E-state index contributed by atoms with van der Waals surface area (Å²) in [5, 5.41) is 22.2. The molecular formula is C21H17NO5. The third kappa shape index (κ3) is 2.13. The maximum absolute atomic E-state index is 11.4. The van der Waals surface area contributed by atoms with Gasteiger partial charge in [0.15, 0.2) is 0 Å². The number of hydrogen-bond donors (Lipinski definition) is 2. The van der Waals surface area contributed by atoms with E-state index in [4.69, 9.17) is 9.47 Å². The number of hydrogen-bond acceptors (Lipinski definition) is 6. The monoisotopic (exact) mass is 363 g/mol. The molecule has 1 aliphatic carbocycles. The van der Waals surface area contributed by atoms with Crippen molar-refractivity contribution in [1.29, 1.82) is 0 Å². The van der Waals surface area contributed by atoms with Crippen LogP contribution in [0.3, 0.4) is 0 Å². The maximum atomic E-state index is 11.4. The Morgan fingerprint density at radius 2 is 1.81 bits per heavy atom. The molecule has 0 amide bonds. The zero-order valence-corrected chi connectivity index (χ0v) is 15.0. The lowest BCUT2D eigenvalue weighted by molar-refractivity contribution is 0.112. The summed E-state index contributed by atoms with van der Waals surface area (Å²) in [6.45, 7) is 0. The second kappa shape index (κ2) is 6.02. The Hall–Kier alpha value is -3.54. The van der Waals surface area contributed by atoms with Gasteiger partial charge in [0.25, 0.3) is 0 Å². The Bertz CT molecular complexity index is 1150. The number of aldehydes is 1.